The molecular weight excluding hydrogens is 306 g/mol. The van der Waals surface area contributed by atoms with Crippen molar-refractivity contribution in [2.45, 2.75) is 13.0 Å². The van der Waals surface area contributed by atoms with Gasteiger partial charge in [0.1, 0.15) is 12.4 Å². The average Bonchev–Trinajstić information content (AvgIpc) is 2.84. The van der Waals surface area contributed by atoms with Crippen LogP contribution >= 0.6 is 15.9 Å². The summed E-state index contributed by atoms with van der Waals surface area (Å²) in [4.78, 5) is 4.35. The van der Waals surface area contributed by atoms with Gasteiger partial charge in [-0.2, -0.15) is 0 Å². The molecule has 0 radical (unpaired) electrons. The standard InChI is InChI=1S/C14H18BrN3O/c1-16-6-5-13-10-18(11-17-13)7-8-19-14-4-2-3-12(15)9-14/h2-4,9-11,16H,5-8H2,1H3. The first-order valence-corrected chi connectivity index (χ1v) is 7.11. The van der Waals surface area contributed by atoms with E-state index in [1.807, 2.05) is 37.6 Å². The molecule has 0 atom stereocenters. The predicted octanol–water partition coefficient (Wildman–Crippen LogP) is 2.49. The zero-order valence-corrected chi connectivity index (χ0v) is 12.6. The molecule has 2 rings (SSSR count). The highest BCUT2D eigenvalue weighted by Crippen LogP contribution is 2.17. The fraction of sp³-hybridized carbons (Fsp3) is 0.357. The number of halogens is 1. The van der Waals surface area contributed by atoms with Crippen molar-refractivity contribution in [1.29, 1.82) is 0 Å². The Bertz CT molecular complexity index is 513. The molecular formula is C14H18BrN3O. The lowest BCUT2D eigenvalue weighted by molar-refractivity contribution is 0.298. The van der Waals surface area contributed by atoms with E-state index in [2.05, 4.69) is 37.0 Å². The van der Waals surface area contributed by atoms with Crippen molar-refractivity contribution in [3.8, 4) is 5.75 Å². The smallest absolute Gasteiger partial charge is 0.120 e. The topological polar surface area (TPSA) is 39.1 Å². The minimum atomic E-state index is 0.637. The molecule has 1 heterocycles. The molecule has 2 aromatic rings. The molecule has 5 heteroatoms. The largest absolute Gasteiger partial charge is 0.492 e. The van der Waals surface area contributed by atoms with E-state index in [1.165, 1.54) is 0 Å². The molecule has 0 saturated heterocycles. The highest BCUT2D eigenvalue weighted by atomic mass is 79.9. The Morgan fingerprint density at radius 2 is 2.32 bits per heavy atom. The number of ether oxygens (including phenoxy) is 1. The Labute approximate surface area is 121 Å². The molecule has 0 fully saturated rings. The molecule has 0 bridgehead atoms. The number of nitrogens with zero attached hydrogens (tertiary/aromatic N) is 2. The van der Waals surface area contributed by atoms with Crippen LogP contribution in [0, 0.1) is 0 Å². The van der Waals surface area contributed by atoms with E-state index in [0.29, 0.717) is 6.61 Å². The second-order valence-corrected chi connectivity index (χ2v) is 5.18. The summed E-state index contributed by atoms with van der Waals surface area (Å²) in [5.41, 5.74) is 1.11. The van der Waals surface area contributed by atoms with Crippen molar-refractivity contribution in [2.75, 3.05) is 20.2 Å². The summed E-state index contributed by atoms with van der Waals surface area (Å²) in [6.07, 6.45) is 4.88. The molecule has 0 amide bonds. The summed E-state index contributed by atoms with van der Waals surface area (Å²) in [6.45, 7) is 2.39. The monoisotopic (exact) mass is 323 g/mol. The molecule has 0 unspecified atom stereocenters. The number of imidazole rings is 1. The normalized spacial score (nSPS) is 10.6. The highest BCUT2D eigenvalue weighted by Gasteiger charge is 1.99. The maximum Gasteiger partial charge on any atom is 0.120 e. The Balaban J connectivity index is 1.77. The van der Waals surface area contributed by atoms with Crippen LogP contribution in [-0.2, 0) is 13.0 Å². The number of hydrogen-bond acceptors (Lipinski definition) is 3. The third-order valence-electron chi connectivity index (χ3n) is 2.73. The second-order valence-electron chi connectivity index (χ2n) is 4.26. The zero-order chi connectivity index (χ0) is 13.5. The molecule has 4 nitrogen and oxygen atoms in total. The molecule has 0 aliphatic heterocycles. The molecule has 1 N–H and O–H groups in total. The van der Waals surface area contributed by atoms with Gasteiger partial charge >= 0.3 is 0 Å². The van der Waals surface area contributed by atoms with Crippen LogP contribution in [0.3, 0.4) is 0 Å². The average molecular weight is 324 g/mol. The number of hydrogen-bond donors (Lipinski definition) is 1. The Morgan fingerprint density at radius 3 is 3.11 bits per heavy atom. The number of benzene rings is 1. The third-order valence-corrected chi connectivity index (χ3v) is 3.23. The maximum absolute atomic E-state index is 5.69. The molecule has 0 aliphatic carbocycles. The van der Waals surface area contributed by atoms with Gasteiger partial charge in [0.15, 0.2) is 0 Å². The Hall–Kier alpha value is -1.33. The van der Waals surface area contributed by atoms with Crippen LogP contribution in [0.25, 0.3) is 0 Å². The van der Waals surface area contributed by atoms with Gasteiger partial charge in [0.05, 0.1) is 18.6 Å². The lowest BCUT2D eigenvalue weighted by Gasteiger charge is -2.06. The third kappa shape index (κ3) is 4.69. The molecule has 102 valence electrons. The van der Waals surface area contributed by atoms with Gasteiger partial charge in [0, 0.05) is 23.6 Å². The van der Waals surface area contributed by atoms with Crippen LogP contribution in [-0.4, -0.2) is 29.8 Å². The van der Waals surface area contributed by atoms with Crippen LogP contribution in [0.5, 0.6) is 5.75 Å². The minimum Gasteiger partial charge on any atom is -0.492 e. The summed E-state index contributed by atoms with van der Waals surface area (Å²) < 4.78 is 8.78. The number of rotatable bonds is 7. The fourth-order valence-corrected chi connectivity index (χ4v) is 2.11. The van der Waals surface area contributed by atoms with Crippen molar-refractivity contribution < 1.29 is 4.74 Å². The lowest BCUT2D eigenvalue weighted by Crippen LogP contribution is -2.10. The number of likely N-dealkylation sites (N-methyl/N-ethyl adjacent to an activating group) is 1. The van der Waals surface area contributed by atoms with Gasteiger partial charge in [0.25, 0.3) is 0 Å². The van der Waals surface area contributed by atoms with Crippen LogP contribution in [0.15, 0.2) is 41.3 Å². The first-order valence-electron chi connectivity index (χ1n) is 6.31. The first-order chi connectivity index (χ1) is 9.28. The Morgan fingerprint density at radius 1 is 1.42 bits per heavy atom. The summed E-state index contributed by atoms with van der Waals surface area (Å²) in [5, 5.41) is 3.12. The molecule has 19 heavy (non-hydrogen) atoms. The number of aromatic nitrogens is 2. The van der Waals surface area contributed by atoms with Crippen LogP contribution < -0.4 is 10.1 Å². The van der Waals surface area contributed by atoms with E-state index < -0.39 is 0 Å². The van der Waals surface area contributed by atoms with E-state index in [-0.39, 0.29) is 0 Å². The van der Waals surface area contributed by atoms with Crippen LogP contribution in [0.2, 0.25) is 0 Å². The van der Waals surface area contributed by atoms with Crippen LogP contribution in [0.1, 0.15) is 5.69 Å². The van der Waals surface area contributed by atoms with Gasteiger partial charge < -0.3 is 14.6 Å². The summed E-state index contributed by atoms with van der Waals surface area (Å²) in [7, 11) is 1.95. The van der Waals surface area contributed by atoms with Gasteiger partial charge in [0.2, 0.25) is 0 Å². The lowest BCUT2D eigenvalue weighted by atomic mass is 10.3. The first kappa shape index (κ1) is 14.1. The van der Waals surface area contributed by atoms with Gasteiger partial charge in [-0.3, -0.25) is 0 Å². The summed E-state index contributed by atoms with van der Waals surface area (Å²) >= 11 is 3.43. The maximum atomic E-state index is 5.69. The van der Waals surface area contributed by atoms with Crippen molar-refractivity contribution in [1.82, 2.24) is 14.9 Å². The molecule has 0 spiro atoms. The van der Waals surface area contributed by atoms with Gasteiger partial charge in [-0.25, -0.2) is 4.98 Å². The Kier molecular flexibility index (Phi) is 5.42. The quantitative estimate of drug-likeness (QED) is 0.850. The van der Waals surface area contributed by atoms with Crippen LogP contribution in [0.4, 0.5) is 0 Å². The zero-order valence-electron chi connectivity index (χ0n) is 11.0. The second kappa shape index (κ2) is 7.31. The van der Waals surface area contributed by atoms with Gasteiger partial charge in [-0.15, -0.1) is 0 Å². The molecule has 0 saturated carbocycles. The van der Waals surface area contributed by atoms with Crippen molar-refractivity contribution in [3.05, 3.63) is 47.0 Å². The van der Waals surface area contributed by atoms with Crippen molar-refractivity contribution >= 4 is 15.9 Å². The van der Waals surface area contributed by atoms with E-state index in [0.717, 1.165) is 35.4 Å². The SMILES string of the molecule is CNCCc1cn(CCOc2cccc(Br)c2)cn1. The predicted molar refractivity (Wildman–Crippen MR) is 79.5 cm³/mol. The fourth-order valence-electron chi connectivity index (χ4n) is 1.74. The van der Waals surface area contributed by atoms with Crippen molar-refractivity contribution in [2.24, 2.45) is 0 Å². The van der Waals surface area contributed by atoms with E-state index in [9.17, 15) is 0 Å². The van der Waals surface area contributed by atoms with E-state index >= 15 is 0 Å². The summed E-state index contributed by atoms with van der Waals surface area (Å²) in [5.74, 6) is 0.880. The van der Waals surface area contributed by atoms with E-state index in [4.69, 9.17) is 4.74 Å². The molecule has 1 aromatic heterocycles. The molecule has 1 aromatic carbocycles. The van der Waals surface area contributed by atoms with Gasteiger partial charge in [-0.1, -0.05) is 22.0 Å². The van der Waals surface area contributed by atoms with E-state index in [1.54, 1.807) is 0 Å². The van der Waals surface area contributed by atoms with Gasteiger partial charge in [-0.05, 0) is 25.2 Å². The molecule has 0 aliphatic rings. The number of nitrogens with one attached hydrogen (secondary N) is 1. The highest BCUT2D eigenvalue weighted by molar-refractivity contribution is 9.10. The minimum absolute atomic E-state index is 0.637. The van der Waals surface area contributed by atoms with Crippen molar-refractivity contribution in [3.63, 3.8) is 0 Å². The summed E-state index contributed by atoms with van der Waals surface area (Å²) in [6, 6.07) is 7.87.